The molecule has 65 heavy (non-hydrogen) atoms. The molecule has 1 unspecified atom stereocenters. The van der Waals surface area contributed by atoms with Gasteiger partial charge in [-0.3, -0.25) is 0 Å². The smallest absolute Gasteiger partial charge is 0.329 e. The molecule has 1 atom stereocenters. The molecule has 6 nitrogen and oxygen atoms in total. The second-order valence-electron chi connectivity index (χ2n) is 20.9. The fourth-order valence-electron chi connectivity index (χ4n) is 11.6. The molecule has 0 saturated carbocycles. The van der Waals surface area contributed by atoms with Gasteiger partial charge in [-0.05, 0) is 70.5 Å². The summed E-state index contributed by atoms with van der Waals surface area (Å²) >= 11 is 0. The number of rotatable bonds is 4. The van der Waals surface area contributed by atoms with Crippen LogP contribution in [0.5, 0.6) is 11.5 Å². The topological polar surface area (TPSA) is 39.7 Å². The van der Waals surface area contributed by atoms with Crippen LogP contribution < -0.4 is 24.2 Å². The number of aromatic nitrogens is 5. The molecule has 0 radical (unpaired) electrons. The maximum absolute atomic E-state index is 7.15. The van der Waals surface area contributed by atoms with Crippen molar-refractivity contribution in [1.29, 1.82) is 0 Å². The van der Waals surface area contributed by atoms with Crippen LogP contribution in [0.4, 0.5) is 0 Å². The Morgan fingerprint density at radius 3 is 2.14 bits per heavy atom. The summed E-state index contributed by atoms with van der Waals surface area (Å²) in [6, 6.07) is 56.6. The van der Waals surface area contributed by atoms with E-state index in [1.54, 1.807) is 0 Å². The number of para-hydroxylation sites is 4. The number of hydrogen-bond donors (Lipinski definition) is 0. The van der Waals surface area contributed by atoms with Gasteiger partial charge >= 0.3 is 5.82 Å². The minimum atomic E-state index is -2.06. The lowest BCUT2D eigenvalue weighted by atomic mass is 9.77. The van der Waals surface area contributed by atoms with Crippen LogP contribution in [0, 0.1) is 0 Å². The average Bonchev–Trinajstić information content (AvgIpc) is 3.94. The molecule has 3 aliphatic heterocycles. The summed E-state index contributed by atoms with van der Waals surface area (Å²) in [5.41, 5.74) is 11.7. The SMILES string of the molecule is CC(C)(C)c1cc[n+]2c(c1)-n1c3ccccc3c3ccc4c(c31)C21c2c(ccnc2-n2c1[n+](-c1c(-c3cccc([Si](C)(C)c5ccccc5)c3)cccc1C(C)(C)C)c1ccccc12)O4. The highest BCUT2D eigenvalue weighted by atomic mass is 28.3. The fourth-order valence-corrected chi connectivity index (χ4v) is 14.0. The van der Waals surface area contributed by atoms with Gasteiger partial charge in [0.05, 0.1) is 6.20 Å². The Bertz CT molecular complexity index is 3700. The Labute approximate surface area is 380 Å². The van der Waals surface area contributed by atoms with Crippen LogP contribution in [0.3, 0.4) is 0 Å². The molecule has 7 heteroatoms. The van der Waals surface area contributed by atoms with E-state index in [2.05, 4.69) is 231 Å². The second-order valence-corrected chi connectivity index (χ2v) is 25.3. The minimum absolute atomic E-state index is 0.0880. The average molecular weight is 862 g/mol. The third kappa shape index (κ3) is 4.91. The van der Waals surface area contributed by atoms with Gasteiger partial charge in [-0.1, -0.05) is 162 Å². The molecular formula is C58H51N5OSi+2. The van der Waals surface area contributed by atoms with E-state index in [0.717, 1.165) is 51.1 Å². The van der Waals surface area contributed by atoms with E-state index in [9.17, 15) is 0 Å². The van der Waals surface area contributed by atoms with E-state index in [1.807, 2.05) is 6.20 Å². The maximum atomic E-state index is 7.15. The van der Waals surface area contributed by atoms with E-state index in [0.29, 0.717) is 0 Å². The van der Waals surface area contributed by atoms with Gasteiger partial charge in [0.25, 0.3) is 11.4 Å². The lowest BCUT2D eigenvalue weighted by molar-refractivity contribution is -0.752. The predicted octanol–water partition coefficient (Wildman–Crippen LogP) is 11.3. The molecule has 0 saturated heterocycles. The number of pyridine rings is 2. The predicted molar refractivity (Wildman–Crippen MR) is 265 cm³/mol. The van der Waals surface area contributed by atoms with Crippen molar-refractivity contribution in [2.24, 2.45) is 0 Å². The van der Waals surface area contributed by atoms with Crippen molar-refractivity contribution >= 4 is 51.3 Å². The quantitative estimate of drug-likeness (QED) is 0.131. The molecule has 0 fully saturated rings. The number of fused-ring (bicyclic) bond motifs is 9. The molecule has 3 aliphatic rings. The zero-order chi connectivity index (χ0) is 44.4. The molecule has 316 valence electrons. The second kappa shape index (κ2) is 12.8. The van der Waals surface area contributed by atoms with Crippen molar-refractivity contribution in [3.8, 4) is 39.9 Å². The summed E-state index contributed by atoms with van der Waals surface area (Å²) in [6.07, 6.45) is 4.28. The first kappa shape index (κ1) is 38.4. The molecule has 0 amide bonds. The van der Waals surface area contributed by atoms with Gasteiger partial charge in [-0.25, -0.2) is 9.55 Å². The van der Waals surface area contributed by atoms with E-state index in [1.165, 1.54) is 60.1 Å². The molecule has 10 aromatic rings. The van der Waals surface area contributed by atoms with Crippen LogP contribution in [0.1, 0.15) is 69.6 Å². The molecule has 1 spiro atoms. The number of nitrogens with zero attached hydrogens (tertiary/aromatic N) is 5. The Hall–Kier alpha value is -7.09. The van der Waals surface area contributed by atoms with Crippen molar-refractivity contribution < 1.29 is 13.9 Å². The fraction of sp³-hybridized carbons (Fsp3) is 0.190. The largest absolute Gasteiger partial charge is 0.456 e. The van der Waals surface area contributed by atoms with Gasteiger partial charge in [0.1, 0.15) is 41.9 Å². The number of benzene rings is 6. The maximum Gasteiger partial charge on any atom is 0.329 e. The summed E-state index contributed by atoms with van der Waals surface area (Å²) in [5, 5.41) is 5.27. The monoisotopic (exact) mass is 861 g/mol. The molecule has 0 aliphatic carbocycles. The van der Waals surface area contributed by atoms with Crippen molar-refractivity contribution in [1.82, 2.24) is 14.1 Å². The summed E-state index contributed by atoms with van der Waals surface area (Å²) in [7, 11) is -2.06. The van der Waals surface area contributed by atoms with Gasteiger partial charge in [0.15, 0.2) is 16.6 Å². The summed E-state index contributed by atoms with van der Waals surface area (Å²) < 4.78 is 17.3. The van der Waals surface area contributed by atoms with Crippen molar-refractivity contribution in [3.63, 3.8) is 0 Å². The lowest BCUT2D eigenvalue weighted by Crippen LogP contribution is -2.66. The van der Waals surface area contributed by atoms with Gasteiger partial charge in [0, 0.05) is 34.2 Å². The highest BCUT2D eigenvalue weighted by Crippen LogP contribution is 2.60. The van der Waals surface area contributed by atoms with Crippen LogP contribution in [0.15, 0.2) is 164 Å². The van der Waals surface area contributed by atoms with E-state index in [-0.39, 0.29) is 10.8 Å². The number of hydrogen-bond acceptors (Lipinski definition) is 2. The number of imidazole rings is 1. The van der Waals surface area contributed by atoms with E-state index < -0.39 is 13.6 Å². The van der Waals surface area contributed by atoms with Gasteiger partial charge in [-0.2, -0.15) is 13.7 Å². The Morgan fingerprint density at radius 2 is 1.34 bits per heavy atom. The first-order valence-electron chi connectivity index (χ1n) is 23.0. The van der Waals surface area contributed by atoms with Gasteiger partial charge in [-0.15, -0.1) is 0 Å². The standard InChI is InChI=1S/C58H51N5OSi/c1-56(2,3)37-31-33-60-49(35-37)61-44-25-13-12-22-41(44)42-28-29-47-50(53(42)61)58(60)51-48(64-47)30-32-59-54(51)63-46-27-15-14-26-45(46)62(55(58)63)52-40(23-17-24-43(52)57(4,5)6)36-18-16-21-39(34-36)65(7,8)38-19-10-9-11-20-38/h9-35H,1-8H3/q+2. The summed E-state index contributed by atoms with van der Waals surface area (Å²) in [5.74, 6) is 4.82. The summed E-state index contributed by atoms with van der Waals surface area (Å²) in [6.45, 7) is 19.0. The molecule has 13 rings (SSSR count). The number of ether oxygens (including phenoxy) is 1. The normalized spacial score (nSPS) is 15.9. The molecule has 0 bridgehead atoms. The first-order chi connectivity index (χ1) is 31.3. The lowest BCUT2D eigenvalue weighted by Gasteiger charge is -2.36. The molecule has 6 aromatic carbocycles. The van der Waals surface area contributed by atoms with E-state index in [4.69, 9.17) is 9.72 Å². The molecule has 0 N–H and O–H groups in total. The van der Waals surface area contributed by atoms with Gasteiger partial charge < -0.3 is 4.74 Å². The van der Waals surface area contributed by atoms with Gasteiger partial charge in [0.2, 0.25) is 5.82 Å². The highest BCUT2D eigenvalue weighted by molar-refractivity contribution is 7.00. The third-order valence-electron chi connectivity index (χ3n) is 14.8. The zero-order valence-electron chi connectivity index (χ0n) is 38.2. The third-order valence-corrected chi connectivity index (χ3v) is 18.3. The van der Waals surface area contributed by atoms with Crippen LogP contribution in [0.25, 0.3) is 61.3 Å². The van der Waals surface area contributed by atoms with Crippen LogP contribution in [0.2, 0.25) is 13.1 Å². The Kier molecular flexibility index (Phi) is 7.55. The van der Waals surface area contributed by atoms with Crippen LogP contribution in [-0.4, -0.2) is 22.2 Å². The van der Waals surface area contributed by atoms with Crippen LogP contribution in [-0.2, 0) is 16.4 Å². The Morgan fingerprint density at radius 1 is 0.615 bits per heavy atom. The van der Waals surface area contributed by atoms with Crippen molar-refractivity contribution in [3.05, 3.63) is 192 Å². The molecular weight excluding hydrogens is 811 g/mol. The highest BCUT2D eigenvalue weighted by Gasteiger charge is 2.69. The van der Waals surface area contributed by atoms with Crippen molar-refractivity contribution in [2.75, 3.05) is 0 Å². The molecule has 7 heterocycles. The molecule has 4 aromatic heterocycles. The van der Waals surface area contributed by atoms with Crippen molar-refractivity contribution in [2.45, 2.75) is 71.0 Å². The first-order valence-corrected chi connectivity index (χ1v) is 26.0. The zero-order valence-corrected chi connectivity index (χ0v) is 39.2. The van der Waals surface area contributed by atoms with E-state index >= 15 is 0 Å². The Balaban J connectivity index is 1.23. The van der Waals surface area contributed by atoms with Crippen LogP contribution >= 0.6 is 0 Å². The summed E-state index contributed by atoms with van der Waals surface area (Å²) in [4.78, 5) is 5.36. The minimum Gasteiger partial charge on any atom is -0.456 e.